The third-order valence-electron chi connectivity index (χ3n) is 3.16. The topological polar surface area (TPSA) is 90.9 Å². The number of tetrazole rings is 1. The first kappa shape index (κ1) is 15.1. The molecule has 0 aliphatic rings. The molecule has 118 valence electrons. The van der Waals surface area contributed by atoms with Gasteiger partial charge in [0.25, 0.3) is 5.95 Å². The minimum atomic E-state index is 0.193. The molecule has 0 atom stereocenters. The average molecular weight is 331 g/mol. The van der Waals surface area contributed by atoms with E-state index in [2.05, 4.69) is 21.0 Å². The van der Waals surface area contributed by atoms with Crippen molar-refractivity contribution in [3.8, 4) is 5.75 Å². The average Bonchev–Trinajstić information content (AvgIpc) is 2.98. The lowest BCUT2D eigenvalue weighted by Crippen LogP contribution is -2.18. The highest BCUT2D eigenvalue weighted by Gasteiger charge is 2.05. The lowest BCUT2D eigenvalue weighted by atomic mass is 10.2. The van der Waals surface area contributed by atoms with Gasteiger partial charge in [-0.15, -0.1) is 4.79 Å². The van der Waals surface area contributed by atoms with Crippen molar-refractivity contribution in [2.45, 2.75) is 13.2 Å². The van der Waals surface area contributed by atoms with Crippen LogP contribution in [0.25, 0.3) is 0 Å². The smallest absolute Gasteiger partial charge is 0.260 e. The lowest BCUT2D eigenvalue weighted by molar-refractivity contribution is 0.306. The highest BCUT2D eigenvalue weighted by molar-refractivity contribution is 6.32. The number of nitrogens with zero attached hydrogens (tertiary/aromatic N) is 4. The lowest BCUT2D eigenvalue weighted by Gasteiger charge is -2.10. The van der Waals surface area contributed by atoms with E-state index >= 15 is 0 Å². The van der Waals surface area contributed by atoms with Crippen LogP contribution in [-0.2, 0) is 13.2 Å². The first-order valence-corrected chi connectivity index (χ1v) is 7.33. The molecule has 0 bridgehead atoms. The second kappa shape index (κ2) is 6.97. The number of nitrogen functional groups attached to an aromatic ring is 1. The number of aromatic nitrogens is 4. The van der Waals surface area contributed by atoms with Crippen molar-refractivity contribution >= 4 is 17.5 Å². The van der Waals surface area contributed by atoms with Crippen LogP contribution in [0.4, 0.5) is 5.95 Å². The molecule has 1 heterocycles. The Balaban J connectivity index is 1.60. The van der Waals surface area contributed by atoms with Crippen molar-refractivity contribution in [2.75, 3.05) is 11.2 Å². The van der Waals surface area contributed by atoms with Crippen molar-refractivity contribution in [1.82, 2.24) is 20.3 Å². The van der Waals surface area contributed by atoms with Crippen LogP contribution >= 0.6 is 11.6 Å². The van der Waals surface area contributed by atoms with E-state index in [4.69, 9.17) is 22.1 Å². The molecule has 8 heteroatoms. The second-order valence-corrected chi connectivity index (χ2v) is 5.23. The minimum Gasteiger partial charge on any atom is -0.487 e. The number of halogens is 1. The largest absolute Gasteiger partial charge is 0.487 e. The summed E-state index contributed by atoms with van der Waals surface area (Å²) in [6.45, 7) is 0.952. The zero-order valence-corrected chi connectivity index (χ0v) is 12.9. The molecule has 23 heavy (non-hydrogen) atoms. The first-order valence-electron chi connectivity index (χ1n) is 6.95. The number of benzene rings is 2. The Morgan fingerprint density at radius 1 is 1.13 bits per heavy atom. The fourth-order valence-electron chi connectivity index (χ4n) is 1.98. The maximum atomic E-state index is 6.26. The number of rotatable bonds is 6. The molecule has 1 aromatic heterocycles. The molecule has 0 aliphatic heterocycles. The molecule has 2 aromatic carbocycles. The van der Waals surface area contributed by atoms with Gasteiger partial charge in [0.15, 0.2) is 0 Å². The molecule has 0 saturated heterocycles. The van der Waals surface area contributed by atoms with Crippen molar-refractivity contribution < 1.29 is 4.74 Å². The van der Waals surface area contributed by atoms with Crippen LogP contribution in [-0.4, -0.2) is 20.3 Å². The van der Waals surface area contributed by atoms with Gasteiger partial charge in [0.2, 0.25) is 0 Å². The quantitative estimate of drug-likeness (QED) is 0.720. The van der Waals surface area contributed by atoms with E-state index in [9.17, 15) is 0 Å². The van der Waals surface area contributed by atoms with Crippen LogP contribution in [0, 0.1) is 0 Å². The zero-order valence-electron chi connectivity index (χ0n) is 12.2. The van der Waals surface area contributed by atoms with Gasteiger partial charge in [-0.3, -0.25) is 0 Å². The maximum Gasteiger partial charge on any atom is 0.260 e. The third kappa shape index (κ3) is 3.89. The first-order chi connectivity index (χ1) is 11.2. The molecule has 3 aromatic rings. The standard InChI is InChI=1S/C15H15ClN6O/c16-13-8-12(9-18-22-15(17)19-20-21-22)6-7-14(13)23-10-11-4-2-1-3-5-11/h1-8,18H,9-10H2,(H2,17,19,21). The highest BCUT2D eigenvalue weighted by atomic mass is 35.5. The number of hydrogen-bond acceptors (Lipinski definition) is 6. The Labute approximate surface area is 138 Å². The van der Waals surface area contributed by atoms with Gasteiger partial charge in [0.05, 0.1) is 11.6 Å². The molecule has 0 unspecified atom stereocenters. The maximum absolute atomic E-state index is 6.26. The van der Waals surface area contributed by atoms with Crippen molar-refractivity contribution in [1.29, 1.82) is 0 Å². The Kier molecular flexibility index (Phi) is 4.58. The van der Waals surface area contributed by atoms with Crippen LogP contribution < -0.4 is 15.9 Å². The number of nitrogens with one attached hydrogen (secondary N) is 1. The van der Waals surface area contributed by atoms with Crippen LogP contribution in [0.3, 0.4) is 0 Å². The minimum absolute atomic E-state index is 0.193. The molecule has 0 amide bonds. The summed E-state index contributed by atoms with van der Waals surface area (Å²) in [5.41, 5.74) is 10.6. The van der Waals surface area contributed by atoms with E-state index in [-0.39, 0.29) is 5.95 Å². The summed E-state index contributed by atoms with van der Waals surface area (Å²) in [6.07, 6.45) is 0. The number of anilines is 1. The van der Waals surface area contributed by atoms with E-state index in [1.807, 2.05) is 48.5 Å². The normalized spacial score (nSPS) is 10.5. The summed E-state index contributed by atoms with van der Waals surface area (Å²) in [4.78, 5) is 1.30. The Morgan fingerprint density at radius 2 is 1.96 bits per heavy atom. The van der Waals surface area contributed by atoms with E-state index < -0.39 is 0 Å². The molecule has 0 fully saturated rings. The molecule has 3 N–H and O–H groups in total. The Hall–Kier alpha value is -2.80. The fraction of sp³-hybridized carbons (Fsp3) is 0.133. The van der Waals surface area contributed by atoms with Crippen LogP contribution in [0.1, 0.15) is 11.1 Å². The molecular formula is C15H15ClN6O. The SMILES string of the molecule is Nc1nnnn1NCc1ccc(OCc2ccccc2)c(Cl)c1. The number of hydrogen-bond donors (Lipinski definition) is 2. The van der Waals surface area contributed by atoms with Gasteiger partial charge in [0.1, 0.15) is 12.4 Å². The van der Waals surface area contributed by atoms with E-state index in [1.54, 1.807) is 0 Å². The summed E-state index contributed by atoms with van der Waals surface area (Å²) >= 11 is 6.26. The summed E-state index contributed by atoms with van der Waals surface area (Å²) in [7, 11) is 0. The summed E-state index contributed by atoms with van der Waals surface area (Å²) < 4.78 is 5.74. The third-order valence-corrected chi connectivity index (χ3v) is 3.46. The molecule has 0 aliphatic carbocycles. The van der Waals surface area contributed by atoms with Gasteiger partial charge < -0.3 is 15.9 Å². The van der Waals surface area contributed by atoms with Gasteiger partial charge in [-0.05, 0) is 33.7 Å². The molecule has 0 spiro atoms. The summed E-state index contributed by atoms with van der Waals surface area (Å²) in [5.74, 6) is 0.833. The van der Waals surface area contributed by atoms with Crippen molar-refractivity contribution in [2.24, 2.45) is 0 Å². The molecule has 3 rings (SSSR count). The van der Waals surface area contributed by atoms with Gasteiger partial charge in [-0.2, -0.15) is 0 Å². The molecule has 0 saturated carbocycles. The Bertz CT molecular complexity index is 777. The van der Waals surface area contributed by atoms with Gasteiger partial charge in [-0.1, -0.05) is 53.1 Å². The van der Waals surface area contributed by atoms with Crippen LogP contribution in [0.5, 0.6) is 5.75 Å². The van der Waals surface area contributed by atoms with Crippen LogP contribution in [0.2, 0.25) is 5.02 Å². The van der Waals surface area contributed by atoms with E-state index in [0.717, 1.165) is 11.1 Å². The molecular weight excluding hydrogens is 316 g/mol. The van der Waals surface area contributed by atoms with Crippen molar-refractivity contribution in [3.63, 3.8) is 0 Å². The predicted molar refractivity (Wildman–Crippen MR) is 87.5 cm³/mol. The summed E-state index contributed by atoms with van der Waals surface area (Å²) in [5, 5.41) is 11.3. The Morgan fingerprint density at radius 3 is 2.65 bits per heavy atom. The van der Waals surface area contributed by atoms with Gasteiger partial charge in [0, 0.05) is 0 Å². The monoisotopic (exact) mass is 330 g/mol. The van der Waals surface area contributed by atoms with Gasteiger partial charge in [-0.25, -0.2) is 0 Å². The second-order valence-electron chi connectivity index (χ2n) is 4.82. The number of nitrogens with two attached hydrogens (primary N) is 1. The van der Waals surface area contributed by atoms with Crippen molar-refractivity contribution in [3.05, 3.63) is 64.7 Å². The van der Waals surface area contributed by atoms with Crippen LogP contribution in [0.15, 0.2) is 48.5 Å². The molecule has 7 nitrogen and oxygen atoms in total. The predicted octanol–water partition coefficient (Wildman–Crippen LogP) is 2.23. The fourth-order valence-corrected chi connectivity index (χ4v) is 2.24. The van der Waals surface area contributed by atoms with E-state index in [0.29, 0.717) is 23.9 Å². The molecule has 0 radical (unpaired) electrons. The zero-order chi connectivity index (χ0) is 16.1. The van der Waals surface area contributed by atoms with Gasteiger partial charge >= 0.3 is 0 Å². The summed E-state index contributed by atoms with van der Waals surface area (Å²) in [6, 6.07) is 15.5. The number of ether oxygens (including phenoxy) is 1. The highest BCUT2D eigenvalue weighted by Crippen LogP contribution is 2.26. The van der Waals surface area contributed by atoms with E-state index in [1.165, 1.54) is 4.79 Å².